The molecule has 9 nitrogen and oxygen atoms in total. The number of amides is 1. The number of rotatable bonds is 6. The zero-order valence-corrected chi connectivity index (χ0v) is 11.2. The number of nitrogens with one attached hydrogen (secondary N) is 1. The van der Waals surface area contributed by atoms with Crippen LogP contribution in [0.1, 0.15) is 16.8 Å². The van der Waals surface area contributed by atoms with Crippen molar-refractivity contribution in [1.82, 2.24) is 25.5 Å². The Kier molecular flexibility index (Phi) is 4.44. The molecule has 1 heterocycles. The molecule has 0 bridgehead atoms. The minimum absolute atomic E-state index is 0.0560. The summed E-state index contributed by atoms with van der Waals surface area (Å²) in [6, 6.07) is 4.75. The van der Waals surface area contributed by atoms with Gasteiger partial charge >= 0.3 is 5.97 Å². The van der Waals surface area contributed by atoms with E-state index in [9.17, 15) is 9.59 Å². The monoisotopic (exact) mass is 291 g/mol. The maximum Gasteiger partial charge on any atom is 0.305 e. The van der Waals surface area contributed by atoms with Crippen LogP contribution in [0.3, 0.4) is 0 Å². The normalized spacial score (nSPS) is 10.1. The summed E-state index contributed by atoms with van der Waals surface area (Å²) in [5, 5.41) is 21.9. The van der Waals surface area contributed by atoms with E-state index >= 15 is 0 Å². The molecule has 110 valence electrons. The van der Waals surface area contributed by atoms with Gasteiger partial charge in [-0.15, -0.1) is 5.10 Å². The van der Waals surface area contributed by atoms with Crippen molar-refractivity contribution in [1.29, 1.82) is 0 Å². The van der Waals surface area contributed by atoms with Gasteiger partial charge in [0.15, 0.2) is 0 Å². The number of hydrogen-bond donors (Lipinski definition) is 2. The third kappa shape index (κ3) is 3.53. The fraction of sp³-hybridized carbons (Fsp3) is 0.250. The lowest BCUT2D eigenvalue weighted by Crippen LogP contribution is -2.26. The molecule has 0 radical (unpaired) electrons. The van der Waals surface area contributed by atoms with E-state index in [1.54, 1.807) is 18.2 Å². The number of nitrogens with zero attached hydrogens (tertiary/aromatic N) is 4. The molecule has 1 aromatic carbocycles. The molecule has 0 unspecified atom stereocenters. The van der Waals surface area contributed by atoms with Crippen LogP contribution in [-0.4, -0.2) is 50.8 Å². The van der Waals surface area contributed by atoms with Crippen LogP contribution >= 0.6 is 0 Å². The fourth-order valence-corrected chi connectivity index (χ4v) is 1.67. The van der Waals surface area contributed by atoms with Crippen LogP contribution in [0.4, 0.5) is 0 Å². The molecule has 1 amide bonds. The Balaban J connectivity index is 2.20. The summed E-state index contributed by atoms with van der Waals surface area (Å²) in [6.45, 7) is 0.0560. The number of benzene rings is 1. The average molecular weight is 291 g/mol. The number of carboxylic acid groups (broad SMARTS) is 1. The van der Waals surface area contributed by atoms with Gasteiger partial charge in [0, 0.05) is 12.1 Å². The summed E-state index contributed by atoms with van der Waals surface area (Å²) >= 11 is 0. The number of aliphatic carboxylic acids is 1. The Morgan fingerprint density at radius 1 is 1.43 bits per heavy atom. The van der Waals surface area contributed by atoms with Crippen molar-refractivity contribution in [3.05, 3.63) is 30.1 Å². The summed E-state index contributed by atoms with van der Waals surface area (Å²) in [4.78, 5) is 22.4. The highest BCUT2D eigenvalue weighted by atomic mass is 16.5. The van der Waals surface area contributed by atoms with Crippen molar-refractivity contribution in [2.24, 2.45) is 0 Å². The number of ether oxygens (including phenoxy) is 1. The smallest absolute Gasteiger partial charge is 0.305 e. The fourth-order valence-electron chi connectivity index (χ4n) is 1.67. The molecular formula is C12H13N5O4. The van der Waals surface area contributed by atoms with Crippen molar-refractivity contribution in [2.45, 2.75) is 6.42 Å². The molecule has 0 aliphatic rings. The maximum absolute atomic E-state index is 11.9. The lowest BCUT2D eigenvalue weighted by Gasteiger charge is -2.10. The highest BCUT2D eigenvalue weighted by Crippen LogP contribution is 2.22. The zero-order valence-electron chi connectivity index (χ0n) is 11.2. The van der Waals surface area contributed by atoms with Gasteiger partial charge in [-0.3, -0.25) is 9.59 Å². The van der Waals surface area contributed by atoms with Crippen LogP contribution in [0.25, 0.3) is 5.69 Å². The van der Waals surface area contributed by atoms with Crippen molar-refractivity contribution >= 4 is 11.9 Å². The van der Waals surface area contributed by atoms with Gasteiger partial charge in [0.1, 0.15) is 17.8 Å². The Hall–Kier alpha value is -2.97. The van der Waals surface area contributed by atoms with Gasteiger partial charge in [-0.05, 0) is 28.6 Å². The first-order valence-electron chi connectivity index (χ1n) is 6.03. The van der Waals surface area contributed by atoms with Crippen molar-refractivity contribution in [3.63, 3.8) is 0 Å². The number of tetrazole rings is 1. The van der Waals surface area contributed by atoms with Gasteiger partial charge in [0.05, 0.1) is 13.5 Å². The van der Waals surface area contributed by atoms with Crippen LogP contribution < -0.4 is 10.1 Å². The lowest BCUT2D eigenvalue weighted by atomic mass is 10.1. The van der Waals surface area contributed by atoms with Gasteiger partial charge in [-0.2, -0.15) is 4.68 Å². The summed E-state index contributed by atoms with van der Waals surface area (Å²) in [5.74, 6) is -0.850. The summed E-state index contributed by atoms with van der Waals surface area (Å²) < 4.78 is 6.56. The van der Waals surface area contributed by atoms with Gasteiger partial charge in [0.2, 0.25) is 0 Å². The second kappa shape index (κ2) is 6.46. The third-order valence-electron chi connectivity index (χ3n) is 2.66. The SMILES string of the molecule is COc1ccc(C(=O)NCCC(=O)O)cc1-n1cnnn1. The van der Waals surface area contributed by atoms with E-state index < -0.39 is 5.97 Å². The topological polar surface area (TPSA) is 119 Å². The molecule has 0 saturated carbocycles. The van der Waals surface area contributed by atoms with E-state index in [-0.39, 0.29) is 18.9 Å². The number of methoxy groups -OCH3 is 1. The molecule has 0 spiro atoms. The van der Waals surface area contributed by atoms with Crippen molar-refractivity contribution < 1.29 is 19.4 Å². The molecular weight excluding hydrogens is 278 g/mol. The largest absolute Gasteiger partial charge is 0.494 e. The molecule has 1 aromatic heterocycles. The molecule has 21 heavy (non-hydrogen) atoms. The van der Waals surface area contributed by atoms with Crippen LogP contribution in [0.15, 0.2) is 24.5 Å². The van der Waals surface area contributed by atoms with E-state index in [4.69, 9.17) is 9.84 Å². The molecule has 9 heteroatoms. The minimum atomic E-state index is -0.973. The van der Waals surface area contributed by atoms with Gasteiger partial charge < -0.3 is 15.2 Å². The quantitative estimate of drug-likeness (QED) is 0.761. The molecule has 0 fully saturated rings. The highest BCUT2D eigenvalue weighted by molar-refractivity contribution is 5.95. The van der Waals surface area contributed by atoms with E-state index in [0.717, 1.165) is 0 Å². The van der Waals surface area contributed by atoms with Gasteiger partial charge in [0.25, 0.3) is 5.91 Å². The molecule has 0 saturated heterocycles. The molecule has 2 aromatic rings. The van der Waals surface area contributed by atoms with Crippen LogP contribution in [0.2, 0.25) is 0 Å². The van der Waals surface area contributed by atoms with Crippen molar-refractivity contribution in [2.75, 3.05) is 13.7 Å². The highest BCUT2D eigenvalue weighted by Gasteiger charge is 2.12. The first kappa shape index (κ1) is 14.4. The van der Waals surface area contributed by atoms with Crippen LogP contribution in [0.5, 0.6) is 5.75 Å². The molecule has 0 atom stereocenters. The second-order valence-corrected chi connectivity index (χ2v) is 4.04. The van der Waals surface area contributed by atoms with Gasteiger partial charge in [-0.1, -0.05) is 0 Å². The lowest BCUT2D eigenvalue weighted by molar-refractivity contribution is -0.136. The molecule has 2 rings (SSSR count). The number of aromatic nitrogens is 4. The number of carbonyl (C=O) groups is 2. The molecule has 2 N–H and O–H groups in total. The molecule has 0 aliphatic heterocycles. The van der Waals surface area contributed by atoms with Gasteiger partial charge in [-0.25, -0.2) is 0 Å². The predicted octanol–water partition coefficient (Wildman–Crippen LogP) is -0.125. The van der Waals surface area contributed by atoms with Crippen LogP contribution in [-0.2, 0) is 4.79 Å². The van der Waals surface area contributed by atoms with E-state index in [0.29, 0.717) is 17.0 Å². The van der Waals surface area contributed by atoms with E-state index in [2.05, 4.69) is 20.8 Å². The van der Waals surface area contributed by atoms with E-state index in [1.165, 1.54) is 18.1 Å². The summed E-state index contributed by atoms with van der Waals surface area (Å²) in [7, 11) is 1.50. The number of carboxylic acids is 1. The number of carbonyl (C=O) groups excluding carboxylic acids is 1. The van der Waals surface area contributed by atoms with Crippen molar-refractivity contribution in [3.8, 4) is 11.4 Å². The molecule has 0 aliphatic carbocycles. The standard InChI is InChI=1S/C12H13N5O4/c1-21-10-3-2-8(12(20)13-5-4-11(18)19)6-9(10)17-7-14-15-16-17/h2-3,6-7H,4-5H2,1H3,(H,13,20)(H,18,19). The first-order valence-corrected chi connectivity index (χ1v) is 6.03. The predicted molar refractivity (Wildman–Crippen MR) is 70.3 cm³/mol. The number of hydrogen-bond acceptors (Lipinski definition) is 6. The zero-order chi connectivity index (χ0) is 15.2. The Labute approximate surface area is 119 Å². The summed E-state index contributed by atoms with van der Waals surface area (Å²) in [6.07, 6.45) is 1.24. The first-order chi connectivity index (χ1) is 10.1. The van der Waals surface area contributed by atoms with Crippen LogP contribution in [0, 0.1) is 0 Å². The second-order valence-electron chi connectivity index (χ2n) is 4.04. The van der Waals surface area contributed by atoms with E-state index in [1.807, 2.05) is 0 Å². The maximum atomic E-state index is 11.9. The average Bonchev–Trinajstić information content (AvgIpc) is 3.00. The summed E-state index contributed by atoms with van der Waals surface area (Å²) in [5.41, 5.74) is 0.861. The Morgan fingerprint density at radius 3 is 2.86 bits per heavy atom. The Morgan fingerprint density at radius 2 is 2.24 bits per heavy atom. The minimum Gasteiger partial charge on any atom is -0.494 e. The Bertz CT molecular complexity index is 641. The third-order valence-corrected chi connectivity index (χ3v) is 2.66.